The van der Waals surface area contributed by atoms with E-state index in [2.05, 4.69) is 10.6 Å². The molecule has 0 heterocycles. The first-order chi connectivity index (χ1) is 14.8. The van der Waals surface area contributed by atoms with Crippen molar-refractivity contribution in [3.63, 3.8) is 0 Å². The van der Waals surface area contributed by atoms with Crippen LogP contribution in [0.1, 0.15) is 48.4 Å². The Morgan fingerprint density at radius 3 is 1.68 bits per heavy atom. The van der Waals surface area contributed by atoms with Gasteiger partial charge >= 0.3 is 0 Å². The molecule has 5 nitrogen and oxygen atoms in total. The number of amides is 2. The lowest BCUT2D eigenvalue weighted by molar-refractivity contribution is 0.0643. The van der Waals surface area contributed by atoms with E-state index in [1.165, 1.54) is 0 Å². The van der Waals surface area contributed by atoms with Crippen molar-refractivity contribution in [1.29, 1.82) is 0 Å². The van der Waals surface area contributed by atoms with Crippen LogP contribution in [0.5, 0.6) is 0 Å². The fourth-order valence-electron chi connectivity index (χ4n) is 3.51. The number of hydrogen-bond acceptors (Lipinski definition) is 3. The van der Waals surface area contributed by atoms with E-state index in [-0.39, 0.29) is 23.9 Å². The first kappa shape index (κ1) is 22.1. The molecule has 5 heteroatoms. The summed E-state index contributed by atoms with van der Waals surface area (Å²) in [5.74, 6) is -0.245. The molecule has 0 saturated carbocycles. The van der Waals surface area contributed by atoms with Crippen LogP contribution >= 0.6 is 0 Å². The molecular weight excluding hydrogens is 386 g/mol. The quantitative estimate of drug-likeness (QED) is 0.502. The molecule has 0 aliphatic heterocycles. The average molecular weight is 416 g/mol. The molecule has 160 valence electrons. The van der Waals surface area contributed by atoms with Gasteiger partial charge in [0.05, 0.1) is 0 Å². The van der Waals surface area contributed by atoms with Crippen LogP contribution in [0.4, 0.5) is 17.1 Å². The molecule has 0 atom stereocenters. The zero-order chi connectivity index (χ0) is 22.4. The van der Waals surface area contributed by atoms with Crippen molar-refractivity contribution in [2.75, 3.05) is 10.6 Å². The first-order valence-electron chi connectivity index (χ1n) is 10.5. The molecule has 0 radical (unpaired) electrons. The number of rotatable bonds is 7. The van der Waals surface area contributed by atoms with E-state index in [0.29, 0.717) is 16.8 Å². The summed E-state index contributed by atoms with van der Waals surface area (Å²) in [6, 6.07) is 24.4. The van der Waals surface area contributed by atoms with Crippen LogP contribution in [0.15, 0.2) is 78.9 Å². The Hall–Kier alpha value is -3.60. The average Bonchev–Trinajstić information content (AvgIpc) is 2.75. The van der Waals surface area contributed by atoms with Gasteiger partial charge in [-0.05, 0) is 88.4 Å². The monoisotopic (exact) mass is 415 g/mol. The number of hydrogen-bond donors (Lipinski definition) is 2. The molecule has 3 aromatic rings. The van der Waals surface area contributed by atoms with Crippen molar-refractivity contribution in [1.82, 2.24) is 4.90 Å². The molecule has 0 spiro atoms. The first-order valence-corrected chi connectivity index (χ1v) is 10.5. The minimum absolute atomic E-state index is 0.0292. The number of nitrogens with one attached hydrogen (secondary N) is 2. The summed E-state index contributed by atoms with van der Waals surface area (Å²) in [5, 5.41) is 6.20. The van der Waals surface area contributed by atoms with Crippen LogP contribution in [0, 0.1) is 0 Å². The van der Waals surface area contributed by atoms with Gasteiger partial charge in [0.1, 0.15) is 0 Å². The lowest BCUT2D eigenvalue weighted by Crippen LogP contribution is -2.42. The van der Waals surface area contributed by atoms with E-state index in [1.807, 2.05) is 87.2 Å². The highest BCUT2D eigenvalue weighted by Gasteiger charge is 2.21. The highest BCUT2D eigenvalue weighted by molar-refractivity contribution is 6.05. The molecule has 0 saturated heterocycles. The SMILES string of the molecule is CC(C)N(C(=O)c1ccc(C(=O)Nc2ccc(Nc3ccccc3)cc2)cc1)C(C)C. The van der Waals surface area contributed by atoms with Crippen LogP contribution in [0.3, 0.4) is 0 Å². The smallest absolute Gasteiger partial charge is 0.255 e. The number of para-hydroxylation sites is 1. The van der Waals surface area contributed by atoms with E-state index in [9.17, 15) is 9.59 Å². The summed E-state index contributed by atoms with van der Waals surface area (Å²) in [7, 11) is 0. The lowest BCUT2D eigenvalue weighted by atomic mass is 10.1. The third kappa shape index (κ3) is 5.72. The summed E-state index contributed by atoms with van der Waals surface area (Å²) in [6.45, 7) is 8.00. The van der Waals surface area contributed by atoms with E-state index in [0.717, 1.165) is 11.4 Å². The summed E-state index contributed by atoms with van der Waals surface area (Å²) >= 11 is 0. The highest BCUT2D eigenvalue weighted by atomic mass is 16.2. The topological polar surface area (TPSA) is 61.4 Å². The molecule has 0 bridgehead atoms. The van der Waals surface area contributed by atoms with Crippen LogP contribution in [-0.4, -0.2) is 28.8 Å². The number of carbonyl (C=O) groups is 2. The molecule has 0 aliphatic carbocycles. The van der Waals surface area contributed by atoms with Gasteiger partial charge in [-0.2, -0.15) is 0 Å². The molecule has 0 unspecified atom stereocenters. The largest absolute Gasteiger partial charge is 0.356 e. The zero-order valence-corrected chi connectivity index (χ0v) is 18.4. The van der Waals surface area contributed by atoms with Gasteiger partial charge in [-0.25, -0.2) is 0 Å². The standard InChI is InChI=1S/C26H29N3O2/c1-18(2)29(19(3)4)26(31)21-12-10-20(11-13-21)25(30)28-24-16-14-23(15-17-24)27-22-8-6-5-7-9-22/h5-19,27H,1-4H3,(H,28,30). The van der Waals surface area contributed by atoms with E-state index in [1.54, 1.807) is 24.3 Å². The van der Waals surface area contributed by atoms with Crippen molar-refractivity contribution in [3.8, 4) is 0 Å². The van der Waals surface area contributed by atoms with Crippen LogP contribution in [0.2, 0.25) is 0 Å². The van der Waals surface area contributed by atoms with Gasteiger partial charge in [0.2, 0.25) is 0 Å². The van der Waals surface area contributed by atoms with Crippen molar-refractivity contribution < 1.29 is 9.59 Å². The Bertz CT molecular complexity index is 1000. The minimum atomic E-state index is -0.215. The molecule has 3 rings (SSSR count). The third-order valence-corrected chi connectivity index (χ3v) is 4.95. The van der Waals surface area contributed by atoms with Crippen molar-refractivity contribution >= 4 is 28.9 Å². The third-order valence-electron chi connectivity index (χ3n) is 4.95. The lowest BCUT2D eigenvalue weighted by Gasteiger charge is -2.30. The maximum Gasteiger partial charge on any atom is 0.255 e. The fraction of sp³-hybridized carbons (Fsp3) is 0.231. The van der Waals surface area contributed by atoms with E-state index >= 15 is 0 Å². The number of carbonyl (C=O) groups excluding carboxylic acids is 2. The molecule has 2 amide bonds. The maximum atomic E-state index is 12.8. The molecule has 31 heavy (non-hydrogen) atoms. The van der Waals surface area contributed by atoms with Gasteiger partial charge in [0.25, 0.3) is 11.8 Å². The van der Waals surface area contributed by atoms with Gasteiger partial charge in [-0.1, -0.05) is 18.2 Å². The van der Waals surface area contributed by atoms with Gasteiger partial charge < -0.3 is 15.5 Å². The van der Waals surface area contributed by atoms with Gasteiger partial charge in [-0.3, -0.25) is 9.59 Å². The summed E-state index contributed by atoms with van der Waals surface area (Å²) in [6.07, 6.45) is 0. The summed E-state index contributed by atoms with van der Waals surface area (Å²) < 4.78 is 0. The van der Waals surface area contributed by atoms with Crippen LogP contribution in [0.25, 0.3) is 0 Å². The van der Waals surface area contributed by atoms with Crippen molar-refractivity contribution in [2.24, 2.45) is 0 Å². The molecule has 2 N–H and O–H groups in total. The molecule has 0 aliphatic rings. The van der Waals surface area contributed by atoms with E-state index in [4.69, 9.17) is 0 Å². The maximum absolute atomic E-state index is 12.8. The Kier molecular flexibility index (Phi) is 7.08. The zero-order valence-electron chi connectivity index (χ0n) is 18.4. The summed E-state index contributed by atoms with van der Waals surface area (Å²) in [4.78, 5) is 27.2. The van der Waals surface area contributed by atoms with Crippen LogP contribution < -0.4 is 10.6 Å². The summed E-state index contributed by atoms with van der Waals surface area (Å²) in [5.41, 5.74) is 3.72. The molecular formula is C26H29N3O2. The van der Waals surface area contributed by atoms with Gasteiger partial charge in [0, 0.05) is 40.3 Å². The normalized spacial score (nSPS) is 10.8. The number of anilines is 3. The van der Waals surface area contributed by atoms with E-state index < -0.39 is 0 Å². The number of nitrogens with zero attached hydrogens (tertiary/aromatic N) is 1. The molecule has 3 aromatic carbocycles. The molecule has 0 aromatic heterocycles. The van der Waals surface area contributed by atoms with Crippen LogP contribution in [-0.2, 0) is 0 Å². The number of benzene rings is 3. The Balaban J connectivity index is 1.63. The molecule has 0 fully saturated rings. The van der Waals surface area contributed by atoms with Crippen molar-refractivity contribution in [3.05, 3.63) is 90.0 Å². The van der Waals surface area contributed by atoms with Gasteiger partial charge in [-0.15, -0.1) is 0 Å². The Morgan fingerprint density at radius 2 is 1.13 bits per heavy atom. The second-order valence-electron chi connectivity index (χ2n) is 8.00. The van der Waals surface area contributed by atoms with Gasteiger partial charge in [0.15, 0.2) is 0 Å². The second-order valence-corrected chi connectivity index (χ2v) is 8.00. The predicted octanol–water partition coefficient (Wildman–Crippen LogP) is 5.94. The second kappa shape index (κ2) is 9.94. The predicted molar refractivity (Wildman–Crippen MR) is 127 cm³/mol. The fourth-order valence-corrected chi connectivity index (χ4v) is 3.51. The highest BCUT2D eigenvalue weighted by Crippen LogP contribution is 2.19. The van der Waals surface area contributed by atoms with Crippen molar-refractivity contribution in [2.45, 2.75) is 39.8 Å². The Labute approximate surface area is 184 Å². The minimum Gasteiger partial charge on any atom is -0.356 e. The Morgan fingerprint density at radius 1 is 0.645 bits per heavy atom.